The van der Waals surface area contributed by atoms with Gasteiger partial charge in [-0.15, -0.1) is 6.58 Å². The predicted octanol–water partition coefficient (Wildman–Crippen LogP) is 4.44. The van der Waals surface area contributed by atoms with Gasteiger partial charge in [0.05, 0.1) is 17.9 Å². The highest BCUT2D eigenvalue weighted by Crippen LogP contribution is 2.26. The quantitative estimate of drug-likeness (QED) is 0.134. The van der Waals surface area contributed by atoms with Crippen molar-refractivity contribution in [3.05, 3.63) is 84.6 Å². The first-order valence-electron chi connectivity index (χ1n) is 11.8. The highest BCUT2D eigenvalue weighted by Gasteiger charge is 2.35. The monoisotopic (exact) mass is 475 g/mol. The third kappa shape index (κ3) is 6.45. The molecule has 0 aliphatic rings. The Labute approximate surface area is 205 Å². The first-order chi connectivity index (χ1) is 16.8. The number of H-pyrrole nitrogens is 1. The van der Waals surface area contributed by atoms with Crippen LogP contribution < -0.4 is 10.8 Å². The van der Waals surface area contributed by atoms with Crippen molar-refractivity contribution in [2.24, 2.45) is 17.8 Å². The van der Waals surface area contributed by atoms with Gasteiger partial charge >= 0.3 is 0 Å². The van der Waals surface area contributed by atoms with Crippen LogP contribution in [0.3, 0.4) is 0 Å². The third-order valence-corrected chi connectivity index (χ3v) is 6.19. The molecule has 0 saturated heterocycles. The summed E-state index contributed by atoms with van der Waals surface area (Å²) in [6.07, 6.45) is 4.16. The molecule has 0 saturated carbocycles. The summed E-state index contributed by atoms with van der Waals surface area (Å²) in [4.78, 5) is 42.8. The van der Waals surface area contributed by atoms with Crippen LogP contribution in [0.2, 0.25) is 0 Å². The number of hydrogen-bond acceptors (Lipinski definition) is 4. The summed E-state index contributed by atoms with van der Waals surface area (Å²) >= 11 is 0. The summed E-state index contributed by atoms with van der Waals surface area (Å²) in [5, 5.41) is 13.0. The number of amides is 2. The number of carbonyl (C=O) groups is 3. The Morgan fingerprint density at radius 3 is 2.34 bits per heavy atom. The zero-order valence-corrected chi connectivity index (χ0v) is 20.2. The van der Waals surface area contributed by atoms with Crippen LogP contribution in [0.4, 0.5) is 0 Å². The number of ketones is 1. The highest BCUT2D eigenvalue weighted by atomic mass is 16.5. The van der Waals surface area contributed by atoms with E-state index in [4.69, 9.17) is 0 Å². The van der Waals surface area contributed by atoms with Crippen LogP contribution in [0.5, 0.6) is 0 Å². The van der Waals surface area contributed by atoms with E-state index in [0.717, 1.165) is 16.5 Å². The van der Waals surface area contributed by atoms with E-state index in [1.807, 2.05) is 68.4 Å². The molecule has 184 valence electrons. The van der Waals surface area contributed by atoms with Crippen molar-refractivity contribution in [1.82, 2.24) is 15.8 Å². The second-order valence-corrected chi connectivity index (χ2v) is 9.21. The third-order valence-electron chi connectivity index (χ3n) is 6.19. The molecule has 7 nitrogen and oxygen atoms in total. The van der Waals surface area contributed by atoms with Gasteiger partial charge in [-0.2, -0.15) is 0 Å². The van der Waals surface area contributed by atoms with E-state index in [1.165, 1.54) is 0 Å². The minimum absolute atomic E-state index is 0.112. The van der Waals surface area contributed by atoms with E-state index < -0.39 is 29.7 Å². The van der Waals surface area contributed by atoms with Gasteiger partial charge in [-0.05, 0) is 30.4 Å². The number of fused-ring (bicyclic) bond motifs is 1. The number of rotatable bonds is 12. The second-order valence-electron chi connectivity index (χ2n) is 9.21. The Hall–Kier alpha value is -3.71. The topological polar surface area (TPSA) is 111 Å². The minimum Gasteiger partial charge on any atom is -0.360 e. The van der Waals surface area contributed by atoms with Gasteiger partial charge in [-0.25, -0.2) is 5.48 Å². The normalized spacial score (nSPS) is 13.7. The summed E-state index contributed by atoms with van der Waals surface area (Å²) in [5.41, 5.74) is 3.92. The lowest BCUT2D eigenvalue weighted by atomic mass is 9.81. The molecule has 3 atom stereocenters. The molecule has 7 heteroatoms. The van der Waals surface area contributed by atoms with Gasteiger partial charge in [-0.1, -0.05) is 68.5 Å². The molecule has 2 aromatic carbocycles. The molecule has 0 radical (unpaired) electrons. The number of aromatic nitrogens is 1. The number of aromatic amines is 1. The number of allylic oxidation sites excluding steroid dienone is 1. The molecule has 0 aliphatic carbocycles. The largest absolute Gasteiger partial charge is 0.360 e. The summed E-state index contributed by atoms with van der Waals surface area (Å²) in [6.45, 7) is 7.61. The van der Waals surface area contributed by atoms with Crippen molar-refractivity contribution in [2.45, 2.75) is 39.2 Å². The average Bonchev–Trinajstić information content (AvgIpc) is 3.29. The van der Waals surface area contributed by atoms with Gasteiger partial charge in [0.25, 0.3) is 0 Å². The first-order valence-corrected chi connectivity index (χ1v) is 11.8. The molecule has 4 N–H and O–H groups in total. The SMILES string of the molecule is C=CCC(C(=O)NO)[C@@H](CC(C)C)C(=O)NC(Cc1ccccc1)C(=O)c1c[nH]c2ccccc12. The molecule has 0 fully saturated rings. The fourth-order valence-electron chi connectivity index (χ4n) is 4.48. The summed E-state index contributed by atoms with van der Waals surface area (Å²) < 4.78 is 0. The van der Waals surface area contributed by atoms with E-state index >= 15 is 0 Å². The number of Topliss-reactive ketones (excluding diaryl/α,β-unsaturated/α-hetero) is 1. The van der Waals surface area contributed by atoms with Gasteiger partial charge in [0.2, 0.25) is 11.8 Å². The van der Waals surface area contributed by atoms with Crippen LogP contribution in [-0.4, -0.2) is 33.8 Å². The molecular weight excluding hydrogens is 442 g/mol. The molecule has 2 amide bonds. The number of para-hydroxylation sites is 1. The van der Waals surface area contributed by atoms with Crippen molar-refractivity contribution in [1.29, 1.82) is 0 Å². The van der Waals surface area contributed by atoms with Gasteiger partial charge in [-0.3, -0.25) is 19.6 Å². The standard InChI is InChI=1S/C28H33N3O4/c1-4-10-21(28(34)31-35)22(15-18(2)3)27(33)30-25(16-19-11-6-5-7-12-19)26(32)23-17-29-24-14-9-8-13-20(23)24/h4-9,11-14,17-18,21-22,25,29,35H,1,10,15-16H2,2-3H3,(H,30,33)(H,31,34)/t21?,22-,25?/m1/s1. The van der Waals surface area contributed by atoms with Crippen LogP contribution in [0.1, 0.15) is 42.6 Å². The van der Waals surface area contributed by atoms with Gasteiger partial charge in [0.1, 0.15) is 0 Å². The van der Waals surface area contributed by atoms with Crippen LogP contribution in [0.25, 0.3) is 10.9 Å². The number of hydrogen-bond donors (Lipinski definition) is 4. The van der Waals surface area contributed by atoms with Crippen LogP contribution in [0.15, 0.2) is 73.4 Å². The van der Waals surface area contributed by atoms with E-state index in [9.17, 15) is 19.6 Å². The molecule has 1 heterocycles. The van der Waals surface area contributed by atoms with E-state index in [0.29, 0.717) is 18.4 Å². The molecule has 0 bridgehead atoms. The molecule has 0 spiro atoms. The maximum absolute atomic E-state index is 13.7. The number of nitrogens with one attached hydrogen (secondary N) is 3. The van der Waals surface area contributed by atoms with Crippen molar-refractivity contribution in [2.75, 3.05) is 0 Å². The predicted molar refractivity (Wildman–Crippen MR) is 136 cm³/mol. The van der Waals surface area contributed by atoms with Crippen molar-refractivity contribution < 1.29 is 19.6 Å². The molecule has 3 aromatic rings. The summed E-state index contributed by atoms with van der Waals surface area (Å²) in [7, 11) is 0. The van der Waals surface area contributed by atoms with Crippen molar-refractivity contribution in [3.8, 4) is 0 Å². The van der Waals surface area contributed by atoms with E-state index in [2.05, 4.69) is 16.9 Å². The lowest BCUT2D eigenvalue weighted by Gasteiger charge is -2.28. The number of benzene rings is 2. The highest BCUT2D eigenvalue weighted by molar-refractivity contribution is 6.11. The molecule has 0 aliphatic heterocycles. The van der Waals surface area contributed by atoms with Crippen LogP contribution >= 0.6 is 0 Å². The molecule has 3 rings (SSSR count). The van der Waals surface area contributed by atoms with Crippen molar-refractivity contribution in [3.63, 3.8) is 0 Å². The Bertz CT molecular complexity index is 1170. The van der Waals surface area contributed by atoms with Gasteiger partial charge < -0.3 is 10.3 Å². The lowest BCUT2D eigenvalue weighted by molar-refractivity contribution is -0.140. The Morgan fingerprint density at radius 2 is 1.69 bits per heavy atom. The fourth-order valence-corrected chi connectivity index (χ4v) is 4.48. The summed E-state index contributed by atoms with van der Waals surface area (Å²) in [6, 6.07) is 16.2. The second kappa shape index (κ2) is 12.1. The minimum atomic E-state index is -0.833. The number of hydroxylamine groups is 1. The number of carbonyl (C=O) groups excluding carboxylic acids is 3. The van der Waals surface area contributed by atoms with Gasteiger partial charge in [0, 0.05) is 29.1 Å². The zero-order chi connectivity index (χ0) is 25.4. The molecular formula is C28H33N3O4. The van der Waals surface area contributed by atoms with Crippen LogP contribution in [0, 0.1) is 17.8 Å². The Kier molecular flexibility index (Phi) is 8.98. The average molecular weight is 476 g/mol. The lowest BCUT2D eigenvalue weighted by Crippen LogP contribution is -2.48. The van der Waals surface area contributed by atoms with E-state index in [-0.39, 0.29) is 18.1 Å². The first kappa shape index (κ1) is 25.9. The Balaban J connectivity index is 1.95. The smallest absolute Gasteiger partial charge is 0.247 e. The maximum atomic E-state index is 13.7. The maximum Gasteiger partial charge on any atom is 0.247 e. The van der Waals surface area contributed by atoms with Gasteiger partial charge in [0.15, 0.2) is 5.78 Å². The zero-order valence-electron chi connectivity index (χ0n) is 20.2. The molecule has 2 unspecified atom stereocenters. The van der Waals surface area contributed by atoms with Crippen molar-refractivity contribution >= 4 is 28.5 Å². The van der Waals surface area contributed by atoms with Crippen LogP contribution in [-0.2, 0) is 16.0 Å². The fraction of sp³-hybridized carbons (Fsp3) is 0.321. The Morgan fingerprint density at radius 1 is 1.00 bits per heavy atom. The van der Waals surface area contributed by atoms with E-state index in [1.54, 1.807) is 17.8 Å². The molecule has 35 heavy (non-hydrogen) atoms. The molecule has 1 aromatic heterocycles. The summed E-state index contributed by atoms with van der Waals surface area (Å²) in [5.74, 6) is -2.69.